The van der Waals surface area contributed by atoms with Gasteiger partial charge >= 0.3 is 0 Å². The molecule has 1 saturated heterocycles. The summed E-state index contributed by atoms with van der Waals surface area (Å²) in [5.74, 6) is 0.0392. The summed E-state index contributed by atoms with van der Waals surface area (Å²) in [7, 11) is 0. The maximum atomic E-state index is 13.2. The third-order valence-electron chi connectivity index (χ3n) is 5.54. The summed E-state index contributed by atoms with van der Waals surface area (Å²) >= 11 is 3.33. The van der Waals surface area contributed by atoms with Gasteiger partial charge in [-0.2, -0.15) is 5.10 Å². The van der Waals surface area contributed by atoms with Crippen molar-refractivity contribution in [2.45, 2.75) is 26.7 Å². The second-order valence-electron chi connectivity index (χ2n) is 7.84. The number of rotatable bonds is 4. The molecule has 4 rings (SSSR count). The van der Waals surface area contributed by atoms with E-state index < -0.39 is 0 Å². The lowest BCUT2D eigenvalue weighted by Gasteiger charge is -2.32. The number of piperidine rings is 1. The molecule has 3 heterocycles. The quantitative estimate of drug-likeness (QED) is 0.607. The zero-order chi connectivity index (χ0) is 22.0. The summed E-state index contributed by atoms with van der Waals surface area (Å²) in [4.78, 5) is 31.9. The van der Waals surface area contributed by atoms with Crippen molar-refractivity contribution in [3.8, 4) is 5.69 Å². The summed E-state index contributed by atoms with van der Waals surface area (Å²) in [6.45, 7) is 4.94. The van der Waals surface area contributed by atoms with Crippen molar-refractivity contribution >= 4 is 33.6 Å². The average molecular weight is 482 g/mol. The van der Waals surface area contributed by atoms with Gasteiger partial charge in [0.15, 0.2) is 0 Å². The minimum atomic E-state index is -0.268. The second-order valence-corrected chi connectivity index (χ2v) is 8.75. The predicted molar refractivity (Wildman–Crippen MR) is 122 cm³/mol. The molecule has 160 valence electrons. The third kappa shape index (κ3) is 4.69. The van der Waals surface area contributed by atoms with Crippen LogP contribution in [0.5, 0.6) is 0 Å². The van der Waals surface area contributed by atoms with E-state index in [2.05, 4.69) is 31.3 Å². The highest BCUT2D eigenvalue weighted by Gasteiger charge is 2.30. The van der Waals surface area contributed by atoms with Crippen LogP contribution >= 0.6 is 15.9 Å². The molecule has 1 aliphatic heterocycles. The molecule has 0 aliphatic carbocycles. The van der Waals surface area contributed by atoms with Crippen molar-refractivity contribution in [2.75, 3.05) is 18.4 Å². The Morgan fingerprint density at radius 1 is 1.16 bits per heavy atom. The molecule has 1 aromatic carbocycles. The van der Waals surface area contributed by atoms with Crippen molar-refractivity contribution in [1.29, 1.82) is 0 Å². The van der Waals surface area contributed by atoms with Crippen LogP contribution in [0.1, 0.15) is 34.5 Å². The second kappa shape index (κ2) is 9.01. The molecule has 0 spiro atoms. The molecule has 31 heavy (non-hydrogen) atoms. The number of aromatic nitrogens is 3. The van der Waals surface area contributed by atoms with Gasteiger partial charge < -0.3 is 10.2 Å². The van der Waals surface area contributed by atoms with Crippen molar-refractivity contribution in [1.82, 2.24) is 19.7 Å². The highest BCUT2D eigenvalue weighted by molar-refractivity contribution is 9.10. The number of anilines is 1. The number of amides is 2. The Kier molecular flexibility index (Phi) is 6.18. The maximum absolute atomic E-state index is 13.2. The Hall–Kier alpha value is -3.00. The number of halogens is 1. The normalized spacial score (nSPS) is 16.2. The number of carbonyl (C=O) groups excluding carboxylic acids is 2. The number of pyridine rings is 1. The number of nitrogens with one attached hydrogen (secondary N) is 1. The highest BCUT2D eigenvalue weighted by atomic mass is 79.9. The lowest BCUT2D eigenvalue weighted by molar-refractivity contribution is -0.121. The van der Waals surface area contributed by atoms with Gasteiger partial charge in [-0.25, -0.2) is 9.67 Å². The summed E-state index contributed by atoms with van der Waals surface area (Å²) < 4.78 is 2.63. The summed E-state index contributed by atoms with van der Waals surface area (Å²) in [5, 5.41) is 7.29. The number of aryl methyl sites for hydroxylation is 1. The van der Waals surface area contributed by atoms with Gasteiger partial charge in [0.2, 0.25) is 5.91 Å². The fraction of sp³-hybridized carbons (Fsp3) is 0.304. The van der Waals surface area contributed by atoms with E-state index in [1.807, 2.05) is 44.2 Å². The third-order valence-corrected chi connectivity index (χ3v) is 6.01. The molecular formula is C23H24BrN5O2. The van der Waals surface area contributed by atoms with Gasteiger partial charge in [0.25, 0.3) is 5.91 Å². The standard InChI is InChI=1S/C23H24BrN5O2/c1-15-5-3-7-19(11-15)29-16(2)20(13-26-29)23(31)28-10-4-6-17(14-28)22(30)27-21-9-8-18(24)12-25-21/h3,5,7-9,11-13,17H,4,6,10,14H2,1-2H3,(H,25,27,30). The van der Waals surface area contributed by atoms with E-state index in [4.69, 9.17) is 0 Å². The monoisotopic (exact) mass is 481 g/mol. The Labute approximate surface area is 189 Å². The number of hydrogen-bond donors (Lipinski definition) is 1. The molecule has 1 atom stereocenters. The lowest BCUT2D eigenvalue weighted by Crippen LogP contribution is -2.44. The van der Waals surface area contributed by atoms with Gasteiger partial charge in [-0.1, -0.05) is 12.1 Å². The first-order valence-corrected chi connectivity index (χ1v) is 11.0. The minimum Gasteiger partial charge on any atom is -0.338 e. The summed E-state index contributed by atoms with van der Waals surface area (Å²) in [6, 6.07) is 11.6. The highest BCUT2D eigenvalue weighted by Crippen LogP contribution is 2.23. The zero-order valence-corrected chi connectivity index (χ0v) is 19.1. The number of carbonyl (C=O) groups is 2. The van der Waals surface area contributed by atoms with Crippen LogP contribution in [0.25, 0.3) is 5.69 Å². The maximum Gasteiger partial charge on any atom is 0.257 e. The molecule has 1 fully saturated rings. The van der Waals surface area contributed by atoms with E-state index in [-0.39, 0.29) is 17.7 Å². The van der Waals surface area contributed by atoms with Gasteiger partial charge in [0.1, 0.15) is 5.82 Å². The van der Waals surface area contributed by atoms with Crippen LogP contribution in [0.4, 0.5) is 5.82 Å². The first-order chi connectivity index (χ1) is 14.9. The van der Waals surface area contributed by atoms with Gasteiger partial charge in [0.05, 0.1) is 29.1 Å². The van der Waals surface area contributed by atoms with Crippen molar-refractivity contribution < 1.29 is 9.59 Å². The molecule has 2 aromatic heterocycles. The molecule has 7 nitrogen and oxygen atoms in total. The lowest BCUT2D eigenvalue weighted by atomic mass is 9.96. The fourth-order valence-corrected chi connectivity index (χ4v) is 4.10. The van der Waals surface area contributed by atoms with E-state index >= 15 is 0 Å². The molecule has 0 bridgehead atoms. The summed E-state index contributed by atoms with van der Waals surface area (Å²) in [5.41, 5.74) is 3.42. The van der Waals surface area contributed by atoms with Crippen molar-refractivity contribution in [3.63, 3.8) is 0 Å². The summed E-state index contributed by atoms with van der Waals surface area (Å²) in [6.07, 6.45) is 4.78. The number of benzene rings is 1. The molecule has 0 radical (unpaired) electrons. The fourth-order valence-electron chi connectivity index (χ4n) is 3.86. The van der Waals surface area contributed by atoms with Crippen molar-refractivity contribution in [2.24, 2.45) is 5.92 Å². The number of nitrogens with zero attached hydrogens (tertiary/aromatic N) is 4. The van der Waals surface area contributed by atoms with Gasteiger partial charge in [-0.3, -0.25) is 9.59 Å². The minimum absolute atomic E-state index is 0.0873. The van der Waals surface area contributed by atoms with E-state index in [1.165, 1.54) is 0 Å². The van der Waals surface area contributed by atoms with E-state index in [0.29, 0.717) is 24.5 Å². The molecule has 1 N–H and O–H groups in total. The average Bonchev–Trinajstić information content (AvgIpc) is 3.16. The van der Waals surface area contributed by atoms with Crippen LogP contribution in [-0.4, -0.2) is 44.6 Å². The largest absolute Gasteiger partial charge is 0.338 e. The molecule has 3 aromatic rings. The number of hydrogen-bond acceptors (Lipinski definition) is 4. The topological polar surface area (TPSA) is 80.1 Å². The van der Waals surface area contributed by atoms with E-state index in [0.717, 1.165) is 34.3 Å². The van der Waals surface area contributed by atoms with Crippen LogP contribution < -0.4 is 5.32 Å². The van der Waals surface area contributed by atoms with E-state index in [1.54, 1.807) is 28.0 Å². The van der Waals surface area contributed by atoms with Crippen LogP contribution in [0, 0.1) is 19.8 Å². The SMILES string of the molecule is Cc1cccc(-n2ncc(C(=O)N3CCCC(C(=O)Nc4ccc(Br)cn4)C3)c2C)c1. The zero-order valence-electron chi connectivity index (χ0n) is 17.5. The first kappa shape index (κ1) is 21.2. The molecule has 2 amide bonds. The Balaban J connectivity index is 1.46. The molecular weight excluding hydrogens is 458 g/mol. The van der Waals surface area contributed by atoms with Crippen LogP contribution in [-0.2, 0) is 4.79 Å². The number of likely N-dealkylation sites (tertiary alicyclic amines) is 1. The Morgan fingerprint density at radius 2 is 2.00 bits per heavy atom. The van der Waals surface area contributed by atoms with E-state index in [9.17, 15) is 9.59 Å². The first-order valence-electron chi connectivity index (χ1n) is 10.3. The molecule has 8 heteroatoms. The van der Waals surface area contributed by atoms with Crippen LogP contribution in [0.15, 0.2) is 53.3 Å². The van der Waals surface area contributed by atoms with Gasteiger partial charge in [0, 0.05) is 23.8 Å². The van der Waals surface area contributed by atoms with Crippen molar-refractivity contribution in [3.05, 3.63) is 70.1 Å². The smallest absolute Gasteiger partial charge is 0.257 e. The van der Waals surface area contributed by atoms with Crippen LogP contribution in [0.3, 0.4) is 0 Å². The van der Waals surface area contributed by atoms with Gasteiger partial charge in [-0.15, -0.1) is 0 Å². The van der Waals surface area contributed by atoms with Crippen LogP contribution in [0.2, 0.25) is 0 Å². The molecule has 1 unspecified atom stereocenters. The Morgan fingerprint density at radius 3 is 2.74 bits per heavy atom. The molecule has 1 aliphatic rings. The molecule has 0 saturated carbocycles. The Bertz CT molecular complexity index is 1110. The predicted octanol–water partition coefficient (Wildman–Crippen LogP) is 4.14. The van der Waals surface area contributed by atoms with Gasteiger partial charge in [-0.05, 0) is 72.4 Å².